The Morgan fingerprint density at radius 3 is 2.56 bits per heavy atom. The van der Waals surface area contributed by atoms with Gasteiger partial charge in [0.25, 0.3) is 5.91 Å². The van der Waals surface area contributed by atoms with Gasteiger partial charge in [0.05, 0.1) is 12.1 Å². The molecule has 3 rings (SSSR count). The molecule has 0 aliphatic heterocycles. The lowest BCUT2D eigenvalue weighted by molar-refractivity contribution is -0.139. The summed E-state index contributed by atoms with van der Waals surface area (Å²) < 4.78 is 1.79. The Morgan fingerprint density at radius 1 is 1.16 bits per heavy atom. The number of aromatic nitrogens is 3. The number of para-hydroxylation sites is 1. The quantitative estimate of drug-likeness (QED) is 0.717. The maximum absolute atomic E-state index is 12.1. The zero-order chi connectivity index (χ0) is 17.8. The highest BCUT2D eigenvalue weighted by Crippen LogP contribution is 2.13. The summed E-state index contributed by atoms with van der Waals surface area (Å²) in [5, 5.41) is 19.8. The van der Waals surface area contributed by atoms with Crippen molar-refractivity contribution in [2.75, 3.05) is 0 Å². The first kappa shape index (κ1) is 16.6. The standard InChI is InChI=1S/C18H18N4O3/c1-2-14(18(24)25)19-17(23)13-9-7-12(8-10-13)11-22-16-6-4-3-5-15(16)20-21-22/h3-10,14H,2,11H2,1H3,(H,19,23)(H,24,25). The summed E-state index contributed by atoms with van der Waals surface area (Å²) in [4.78, 5) is 23.1. The van der Waals surface area contributed by atoms with Crippen molar-refractivity contribution in [1.82, 2.24) is 20.3 Å². The van der Waals surface area contributed by atoms with Gasteiger partial charge < -0.3 is 10.4 Å². The Labute approximate surface area is 144 Å². The Bertz CT molecular complexity index is 902. The van der Waals surface area contributed by atoms with Gasteiger partial charge in [0.1, 0.15) is 11.6 Å². The predicted octanol–water partition coefficient (Wildman–Crippen LogP) is 2.07. The van der Waals surface area contributed by atoms with E-state index in [1.165, 1.54) is 0 Å². The number of carboxylic acids is 1. The molecule has 0 spiro atoms. The van der Waals surface area contributed by atoms with E-state index in [1.807, 2.05) is 36.4 Å². The van der Waals surface area contributed by atoms with Gasteiger partial charge in [0.2, 0.25) is 0 Å². The van der Waals surface area contributed by atoms with Crippen LogP contribution >= 0.6 is 0 Å². The molecular weight excluding hydrogens is 320 g/mol. The Kier molecular flexibility index (Phi) is 4.74. The lowest BCUT2D eigenvalue weighted by atomic mass is 10.1. The zero-order valence-electron chi connectivity index (χ0n) is 13.7. The van der Waals surface area contributed by atoms with Crippen LogP contribution in [0.2, 0.25) is 0 Å². The topological polar surface area (TPSA) is 97.1 Å². The molecule has 0 bridgehead atoms. The van der Waals surface area contributed by atoms with Gasteiger partial charge in [-0.25, -0.2) is 9.48 Å². The van der Waals surface area contributed by atoms with E-state index in [9.17, 15) is 9.59 Å². The summed E-state index contributed by atoms with van der Waals surface area (Å²) in [7, 11) is 0. The van der Waals surface area contributed by atoms with Crippen LogP contribution < -0.4 is 5.32 Å². The van der Waals surface area contributed by atoms with Crippen molar-refractivity contribution in [2.24, 2.45) is 0 Å². The van der Waals surface area contributed by atoms with Gasteiger partial charge in [-0.2, -0.15) is 0 Å². The maximum Gasteiger partial charge on any atom is 0.326 e. The Morgan fingerprint density at radius 2 is 1.88 bits per heavy atom. The lowest BCUT2D eigenvalue weighted by Crippen LogP contribution is -2.40. The number of amides is 1. The molecule has 2 aromatic carbocycles. The van der Waals surface area contributed by atoms with Gasteiger partial charge in [0, 0.05) is 5.56 Å². The molecule has 7 nitrogen and oxygen atoms in total. The fourth-order valence-electron chi connectivity index (χ4n) is 2.55. The molecule has 7 heteroatoms. The average molecular weight is 338 g/mol. The summed E-state index contributed by atoms with van der Waals surface area (Å²) in [5.74, 6) is -1.43. The van der Waals surface area contributed by atoms with Gasteiger partial charge in [-0.1, -0.05) is 36.4 Å². The molecule has 0 aliphatic carbocycles. The smallest absolute Gasteiger partial charge is 0.326 e. The number of hydrogen-bond acceptors (Lipinski definition) is 4. The number of rotatable bonds is 6. The van der Waals surface area contributed by atoms with Crippen LogP contribution in [0.25, 0.3) is 11.0 Å². The highest BCUT2D eigenvalue weighted by atomic mass is 16.4. The van der Waals surface area contributed by atoms with E-state index in [-0.39, 0.29) is 0 Å². The van der Waals surface area contributed by atoms with Crippen molar-refractivity contribution in [3.63, 3.8) is 0 Å². The summed E-state index contributed by atoms with van der Waals surface area (Å²) in [5.41, 5.74) is 3.17. The lowest BCUT2D eigenvalue weighted by Gasteiger charge is -2.12. The van der Waals surface area contributed by atoms with Gasteiger partial charge in [-0.05, 0) is 36.2 Å². The number of nitrogens with zero attached hydrogens (tertiary/aromatic N) is 3. The minimum Gasteiger partial charge on any atom is -0.480 e. The number of carbonyl (C=O) groups excluding carboxylic acids is 1. The van der Waals surface area contributed by atoms with Gasteiger partial charge in [-0.15, -0.1) is 5.10 Å². The largest absolute Gasteiger partial charge is 0.480 e. The summed E-state index contributed by atoms with van der Waals surface area (Å²) in [6, 6.07) is 13.8. The van der Waals surface area contributed by atoms with E-state index in [4.69, 9.17) is 5.11 Å². The fourth-order valence-corrected chi connectivity index (χ4v) is 2.55. The third-order valence-electron chi connectivity index (χ3n) is 3.98. The number of carbonyl (C=O) groups is 2. The van der Waals surface area contributed by atoms with Crippen molar-refractivity contribution in [3.8, 4) is 0 Å². The monoisotopic (exact) mass is 338 g/mol. The molecule has 1 aromatic heterocycles. The third kappa shape index (κ3) is 3.65. The van der Waals surface area contributed by atoms with E-state index < -0.39 is 17.9 Å². The third-order valence-corrected chi connectivity index (χ3v) is 3.98. The van der Waals surface area contributed by atoms with Crippen LogP contribution in [-0.4, -0.2) is 38.0 Å². The van der Waals surface area contributed by atoms with Crippen LogP contribution in [0, 0.1) is 0 Å². The molecule has 0 saturated heterocycles. The molecule has 1 heterocycles. The predicted molar refractivity (Wildman–Crippen MR) is 92.3 cm³/mol. The van der Waals surface area contributed by atoms with E-state index in [2.05, 4.69) is 15.6 Å². The molecule has 2 N–H and O–H groups in total. The Hall–Kier alpha value is -3.22. The summed E-state index contributed by atoms with van der Waals surface area (Å²) in [6.07, 6.45) is 0.332. The van der Waals surface area contributed by atoms with E-state index in [0.717, 1.165) is 16.6 Å². The van der Waals surface area contributed by atoms with Crippen LogP contribution in [0.3, 0.4) is 0 Å². The minimum absolute atomic E-state index is 0.332. The molecule has 1 unspecified atom stereocenters. The molecular formula is C18H18N4O3. The number of fused-ring (bicyclic) bond motifs is 1. The maximum atomic E-state index is 12.1. The second-order valence-electron chi connectivity index (χ2n) is 5.71. The second kappa shape index (κ2) is 7.12. The van der Waals surface area contributed by atoms with Gasteiger partial charge >= 0.3 is 5.97 Å². The molecule has 0 fully saturated rings. The van der Waals surface area contributed by atoms with Crippen LogP contribution in [0.15, 0.2) is 48.5 Å². The van der Waals surface area contributed by atoms with Crippen molar-refractivity contribution >= 4 is 22.9 Å². The molecule has 0 saturated carbocycles. The van der Waals surface area contributed by atoms with Crippen molar-refractivity contribution in [2.45, 2.75) is 25.9 Å². The fraction of sp³-hybridized carbons (Fsp3) is 0.222. The zero-order valence-corrected chi connectivity index (χ0v) is 13.7. The highest BCUT2D eigenvalue weighted by molar-refractivity contribution is 5.96. The molecule has 0 aliphatic rings. The first-order valence-corrected chi connectivity index (χ1v) is 7.99. The van der Waals surface area contributed by atoms with E-state index in [1.54, 1.807) is 23.7 Å². The summed E-state index contributed by atoms with van der Waals surface area (Å²) >= 11 is 0. The van der Waals surface area contributed by atoms with Gasteiger partial charge in [0.15, 0.2) is 0 Å². The molecule has 1 amide bonds. The SMILES string of the molecule is CCC(NC(=O)c1ccc(Cn2nnc3ccccc32)cc1)C(=O)O. The first-order chi connectivity index (χ1) is 12.1. The molecule has 3 aromatic rings. The Balaban J connectivity index is 1.72. The second-order valence-corrected chi connectivity index (χ2v) is 5.71. The number of nitrogens with one attached hydrogen (secondary N) is 1. The number of benzene rings is 2. The van der Waals surface area contributed by atoms with E-state index >= 15 is 0 Å². The van der Waals surface area contributed by atoms with E-state index in [0.29, 0.717) is 18.5 Å². The average Bonchev–Trinajstić information content (AvgIpc) is 3.03. The van der Waals surface area contributed by atoms with Crippen LogP contribution in [0.4, 0.5) is 0 Å². The van der Waals surface area contributed by atoms with Crippen LogP contribution in [0.1, 0.15) is 29.3 Å². The highest BCUT2D eigenvalue weighted by Gasteiger charge is 2.18. The molecule has 1 atom stereocenters. The van der Waals surface area contributed by atoms with Crippen molar-refractivity contribution in [3.05, 3.63) is 59.7 Å². The van der Waals surface area contributed by atoms with Crippen molar-refractivity contribution in [1.29, 1.82) is 0 Å². The molecule has 25 heavy (non-hydrogen) atoms. The van der Waals surface area contributed by atoms with Crippen LogP contribution in [0.5, 0.6) is 0 Å². The molecule has 0 radical (unpaired) electrons. The number of hydrogen-bond donors (Lipinski definition) is 2. The molecule has 128 valence electrons. The normalized spacial score (nSPS) is 12.0. The number of carboxylic acid groups (broad SMARTS) is 1. The minimum atomic E-state index is -1.04. The van der Waals surface area contributed by atoms with Crippen LogP contribution in [-0.2, 0) is 11.3 Å². The summed E-state index contributed by atoms with van der Waals surface area (Å²) in [6.45, 7) is 2.25. The van der Waals surface area contributed by atoms with Gasteiger partial charge in [-0.3, -0.25) is 4.79 Å². The number of aliphatic carboxylic acids is 1. The van der Waals surface area contributed by atoms with Crippen molar-refractivity contribution < 1.29 is 14.7 Å². The first-order valence-electron chi connectivity index (χ1n) is 7.99.